The Hall–Kier alpha value is -3.00. The first-order valence-corrected chi connectivity index (χ1v) is 10.5. The minimum absolute atomic E-state index is 0.0335. The van der Waals surface area contributed by atoms with Gasteiger partial charge in [0.15, 0.2) is 5.69 Å². The summed E-state index contributed by atoms with van der Waals surface area (Å²) in [6, 6.07) is 14.6. The number of hydrogen-bond acceptors (Lipinski definition) is 4. The largest absolute Gasteiger partial charge is 0.493 e. The van der Waals surface area contributed by atoms with Crippen LogP contribution in [0.3, 0.4) is 0 Å². The number of unbranched alkanes of at least 4 members (excludes halogenated alkanes) is 2. The van der Waals surface area contributed by atoms with E-state index >= 15 is 0 Å². The van der Waals surface area contributed by atoms with Gasteiger partial charge in [-0.25, -0.2) is 0 Å². The van der Waals surface area contributed by atoms with Crippen molar-refractivity contribution in [2.75, 3.05) is 6.54 Å². The van der Waals surface area contributed by atoms with Crippen molar-refractivity contribution in [3.05, 3.63) is 58.6 Å². The van der Waals surface area contributed by atoms with Crippen LogP contribution in [0.1, 0.15) is 36.0 Å². The van der Waals surface area contributed by atoms with Gasteiger partial charge < -0.3 is 15.0 Å². The van der Waals surface area contributed by atoms with Gasteiger partial charge in [0.1, 0.15) is 0 Å². The van der Waals surface area contributed by atoms with Crippen LogP contribution in [0.25, 0.3) is 10.9 Å². The highest BCUT2D eigenvalue weighted by molar-refractivity contribution is 9.10. The molecule has 2 N–H and O–H groups in total. The third kappa shape index (κ3) is 5.33. The lowest BCUT2D eigenvalue weighted by atomic mass is 10.2. The molecule has 7 nitrogen and oxygen atoms in total. The zero-order chi connectivity index (χ0) is 21.5. The molecule has 0 aliphatic heterocycles. The Morgan fingerprint density at radius 2 is 1.87 bits per heavy atom. The van der Waals surface area contributed by atoms with Crippen LogP contribution in [-0.2, 0) is 11.8 Å². The molecule has 156 valence electrons. The fourth-order valence-electron chi connectivity index (χ4n) is 3.11. The highest BCUT2D eigenvalue weighted by Crippen LogP contribution is 2.39. The molecule has 0 bridgehead atoms. The number of benzene rings is 2. The molecule has 0 spiro atoms. The molecule has 2 amide bonds. The maximum atomic E-state index is 12.0. The van der Waals surface area contributed by atoms with Crippen LogP contribution in [0.2, 0.25) is 0 Å². The van der Waals surface area contributed by atoms with Gasteiger partial charge in [0.2, 0.25) is 5.88 Å². The van der Waals surface area contributed by atoms with Gasteiger partial charge in [0, 0.05) is 35.4 Å². The molecule has 1 aromatic heterocycles. The predicted molar refractivity (Wildman–Crippen MR) is 119 cm³/mol. The van der Waals surface area contributed by atoms with Crippen molar-refractivity contribution in [2.24, 2.45) is 17.3 Å². The number of carbonyl (C=O) groups excluding carboxylic acids is 2. The monoisotopic (exact) mass is 470 g/mol. The van der Waals surface area contributed by atoms with E-state index in [-0.39, 0.29) is 29.8 Å². The van der Waals surface area contributed by atoms with Crippen molar-refractivity contribution >= 4 is 44.3 Å². The van der Waals surface area contributed by atoms with E-state index in [1.807, 2.05) is 36.4 Å². The zero-order valence-corrected chi connectivity index (χ0v) is 18.2. The van der Waals surface area contributed by atoms with Gasteiger partial charge in [-0.2, -0.15) is 0 Å². The summed E-state index contributed by atoms with van der Waals surface area (Å²) in [4.78, 5) is 24.0. The first-order chi connectivity index (χ1) is 14.5. The summed E-state index contributed by atoms with van der Waals surface area (Å²) in [6.45, 7) is 0.558. The minimum Gasteiger partial charge on any atom is -0.493 e. The number of halogens is 1. The lowest BCUT2D eigenvalue weighted by Crippen LogP contribution is -2.24. The van der Waals surface area contributed by atoms with Crippen LogP contribution in [0, 0.1) is 0 Å². The van der Waals surface area contributed by atoms with Crippen LogP contribution in [0.5, 0.6) is 5.88 Å². The van der Waals surface area contributed by atoms with E-state index in [2.05, 4.69) is 31.5 Å². The molecule has 0 aliphatic rings. The van der Waals surface area contributed by atoms with E-state index in [0.717, 1.165) is 28.2 Å². The molecule has 1 heterocycles. The average Bonchev–Trinajstić information content (AvgIpc) is 2.98. The van der Waals surface area contributed by atoms with Crippen LogP contribution in [0.15, 0.2) is 63.2 Å². The molecule has 0 aliphatic carbocycles. The number of hydrogen-bond donors (Lipinski definition) is 2. The van der Waals surface area contributed by atoms with E-state index in [1.54, 1.807) is 23.7 Å². The highest BCUT2D eigenvalue weighted by atomic mass is 79.9. The second kappa shape index (κ2) is 10.2. The Kier molecular flexibility index (Phi) is 7.35. The topological polar surface area (TPSA) is 96.0 Å². The lowest BCUT2D eigenvalue weighted by Gasteiger charge is -2.04. The van der Waals surface area contributed by atoms with Crippen molar-refractivity contribution in [2.45, 2.75) is 25.7 Å². The standard InChI is InChI=1S/C22H23BrN4O3/c1-27-18-12-11-16(23)14-17(18)20(22(27)30)26-25-19(28)10-6-3-7-13-24-21(29)15-8-4-2-5-9-15/h2,4-5,8-9,11-12,14,30H,3,6-7,10,13H2,1H3,(H,24,29). The molecule has 0 unspecified atom stereocenters. The molecular formula is C22H23BrN4O3. The van der Waals surface area contributed by atoms with Gasteiger partial charge >= 0.3 is 0 Å². The lowest BCUT2D eigenvalue weighted by molar-refractivity contribution is -0.118. The summed E-state index contributed by atoms with van der Waals surface area (Å²) in [5.74, 6) is -0.467. The molecule has 3 aromatic rings. The van der Waals surface area contributed by atoms with Gasteiger partial charge in [-0.1, -0.05) is 40.5 Å². The van der Waals surface area contributed by atoms with Crippen molar-refractivity contribution in [1.82, 2.24) is 9.88 Å². The fourth-order valence-corrected chi connectivity index (χ4v) is 3.47. The number of amides is 2. The molecule has 0 saturated carbocycles. The minimum atomic E-state index is -0.338. The summed E-state index contributed by atoms with van der Waals surface area (Å²) in [6.07, 6.45) is 2.50. The van der Waals surface area contributed by atoms with Crippen molar-refractivity contribution < 1.29 is 14.7 Å². The van der Waals surface area contributed by atoms with Gasteiger partial charge in [-0.05, 0) is 43.2 Å². The zero-order valence-electron chi connectivity index (χ0n) is 16.6. The van der Waals surface area contributed by atoms with Crippen LogP contribution in [0.4, 0.5) is 5.69 Å². The van der Waals surface area contributed by atoms with Crippen molar-refractivity contribution in [1.29, 1.82) is 0 Å². The van der Waals surface area contributed by atoms with Gasteiger partial charge in [-0.15, -0.1) is 10.2 Å². The molecule has 8 heteroatoms. The number of nitrogens with zero attached hydrogens (tertiary/aromatic N) is 3. The second-order valence-electron chi connectivity index (χ2n) is 6.92. The van der Waals surface area contributed by atoms with Crippen LogP contribution < -0.4 is 5.32 Å². The number of aromatic nitrogens is 1. The Labute approximate surface area is 182 Å². The van der Waals surface area contributed by atoms with E-state index in [4.69, 9.17) is 0 Å². The van der Waals surface area contributed by atoms with Crippen molar-refractivity contribution in [3.8, 4) is 5.88 Å². The maximum Gasteiger partial charge on any atom is 0.264 e. The molecule has 2 aromatic carbocycles. The molecule has 0 radical (unpaired) electrons. The third-order valence-electron chi connectivity index (χ3n) is 4.76. The van der Waals surface area contributed by atoms with Crippen LogP contribution >= 0.6 is 15.9 Å². The summed E-state index contributed by atoms with van der Waals surface area (Å²) >= 11 is 3.40. The van der Waals surface area contributed by atoms with E-state index in [1.165, 1.54) is 0 Å². The molecule has 30 heavy (non-hydrogen) atoms. The molecule has 0 saturated heterocycles. The third-order valence-corrected chi connectivity index (χ3v) is 5.25. The SMILES string of the molecule is Cn1c(O)c(N=NC(=O)CCCCCNC(=O)c2ccccc2)c2cc(Br)ccc21. The highest BCUT2D eigenvalue weighted by Gasteiger charge is 2.15. The molecular weight excluding hydrogens is 448 g/mol. The van der Waals surface area contributed by atoms with Crippen molar-refractivity contribution in [3.63, 3.8) is 0 Å². The molecule has 0 atom stereocenters. The normalized spacial score (nSPS) is 11.3. The summed E-state index contributed by atoms with van der Waals surface area (Å²) in [7, 11) is 1.73. The number of fused-ring (bicyclic) bond motifs is 1. The van der Waals surface area contributed by atoms with Gasteiger partial charge in [0.25, 0.3) is 11.8 Å². The smallest absolute Gasteiger partial charge is 0.264 e. The summed E-state index contributed by atoms with van der Waals surface area (Å²) < 4.78 is 2.45. The first kappa shape index (κ1) is 21.7. The molecule has 3 rings (SSSR count). The maximum absolute atomic E-state index is 12.0. The first-order valence-electron chi connectivity index (χ1n) is 9.72. The fraction of sp³-hybridized carbons (Fsp3) is 0.273. The number of rotatable bonds is 8. The van der Waals surface area contributed by atoms with Gasteiger partial charge in [-0.3, -0.25) is 9.59 Å². The second-order valence-corrected chi connectivity index (χ2v) is 7.83. The number of aromatic hydroxyl groups is 1. The van der Waals surface area contributed by atoms with E-state index in [0.29, 0.717) is 18.5 Å². The number of azo groups is 1. The average molecular weight is 471 g/mol. The van der Waals surface area contributed by atoms with Crippen LogP contribution in [-0.4, -0.2) is 28.0 Å². The Bertz CT molecular complexity index is 1080. The Morgan fingerprint density at radius 1 is 1.10 bits per heavy atom. The predicted octanol–water partition coefficient (Wildman–Crippen LogP) is 5.25. The quantitative estimate of drug-likeness (QED) is 0.347. The van der Waals surface area contributed by atoms with E-state index in [9.17, 15) is 14.7 Å². The van der Waals surface area contributed by atoms with E-state index < -0.39 is 0 Å². The molecule has 0 fully saturated rings. The number of carbonyl (C=O) groups is 2. The summed E-state index contributed by atoms with van der Waals surface area (Å²) in [5.41, 5.74) is 1.72. The number of nitrogens with one attached hydrogen (secondary N) is 1. The Morgan fingerprint density at radius 3 is 2.63 bits per heavy atom. The summed E-state index contributed by atoms with van der Waals surface area (Å²) in [5, 5.41) is 21.6. The Balaban J connectivity index is 1.44. The number of aryl methyl sites for hydroxylation is 1. The van der Waals surface area contributed by atoms with Gasteiger partial charge in [0.05, 0.1) is 5.52 Å².